The van der Waals surface area contributed by atoms with Gasteiger partial charge in [0.15, 0.2) is 23.2 Å². The number of aromatic hydroxyl groups is 2. The molecular weight excluding hydrogens is 604 g/mol. The Morgan fingerprint density at radius 3 is 2.02 bits per heavy atom. The lowest BCUT2D eigenvalue weighted by Gasteiger charge is -2.42. The van der Waals surface area contributed by atoms with Crippen molar-refractivity contribution < 1.29 is 73.7 Å². The fraction of sp³-hybridized carbons (Fsp3) is 0.483. The average Bonchev–Trinajstić information content (AvgIpc) is 3.01. The Morgan fingerprint density at radius 2 is 1.38 bits per heavy atom. The Kier molecular flexibility index (Phi) is 9.41. The third-order valence-electron chi connectivity index (χ3n) is 7.70. The molecule has 10 atom stereocenters. The highest BCUT2D eigenvalue weighted by atomic mass is 16.7. The first-order valence-electron chi connectivity index (χ1n) is 13.8. The zero-order chi connectivity index (χ0) is 32.7. The lowest BCUT2D eigenvalue weighted by atomic mass is 9.98. The summed E-state index contributed by atoms with van der Waals surface area (Å²) < 4.78 is 38.4. The van der Waals surface area contributed by atoms with Gasteiger partial charge in [-0.3, -0.25) is 4.79 Å². The summed E-state index contributed by atoms with van der Waals surface area (Å²) >= 11 is 0. The van der Waals surface area contributed by atoms with Gasteiger partial charge in [0.25, 0.3) is 0 Å². The molecule has 2 saturated heterocycles. The van der Waals surface area contributed by atoms with Crippen molar-refractivity contribution in [1.82, 2.24) is 0 Å². The van der Waals surface area contributed by atoms with Gasteiger partial charge in [0.2, 0.25) is 12.0 Å². The topological polar surface area (TPSA) is 247 Å². The number of ether oxygens (including phenoxy) is 6. The molecule has 2 aliphatic rings. The quantitative estimate of drug-likeness (QED) is 0.146. The van der Waals surface area contributed by atoms with Crippen molar-refractivity contribution in [3.63, 3.8) is 0 Å². The van der Waals surface area contributed by atoms with E-state index >= 15 is 0 Å². The number of benzene rings is 2. The maximum Gasteiger partial charge on any atom is 0.229 e. The van der Waals surface area contributed by atoms with E-state index in [1.165, 1.54) is 39.3 Å². The molecular formula is C29H34O16. The van der Waals surface area contributed by atoms with E-state index in [2.05, 4.69) is 0 Å². The summed E-state index contributed by atoms with van der Waals surface area (Å²) in [6.45, 7) is 0.942. The number of methoxy groups -OCH3 is 2. The molecule has 5 rings (SSSR count). The molecule has 0 aliphatic carbocycles. The van der Waals surface area contributed by atoms with Gasteiger partial charge >= 0.3 is 0 Å². The van der Waals surface area contributed by atoms with Crippen molar-refractivity contribution in [2.75, 3.05) is 20.8 Å². The monoisotopic (exact) mass is 638 g/mol. The highest BCUT2D eigenvalue weighted by Crippen LogP contribution is 2.41. The highest BCUT2D eigenvalue weighted by molar-refractivity contribution is 5.86. The lowest BCUT2D eigenvalue weighted by Crippen LogP contribution is -2.61. The van der Waals surface area contributed by atoms with E-state index in [1.54, 1.807) is 0 Å². The van der Waals surface area contributed by atoms with Gasteiger partial charge in [0.05, 0.1) is 26.9 Å². The van der Waals surface area contributed by atoms with E-state index in [0.717, 1.165) is 12.1 Å². The van der Waals surface area contributed by atoms with Gasteiger partial charge in [-0.1, -0.05) is 0 Å². The van der Waals surface area contributed by atoms with Crippen LogP contribution in [0.3, 0.4) is 0 Å². The van der Waals surface area contributed by atoms with Crippen molar-refractivity contribution in [1.29, 1.82) is 0 Å². The van der Waals surface area contributed by atoms with Gasteiger partial charge in [0.1, 0.15) is 71.0 Å². The molecule has 2 fully saturated rings. The van der Waals surface area contributed by atoms with Crippen LogP contribution in [0.4, 0.5) is 0 Å². The van der Waals surface area contributed by atoms with Crippen LogP contribution >= 0.6 is 0 Å². The lowest BCUT2D eigenvalue weighted by molar-refractivity contribution is -0.318. The van der Waals surface area contributed by atoms with Crippen molar-refractivity contribution >= 4 is 11.0 Å². The first kappa shape index (κ1) is 32.7. The smallest absolute Gasteiger partial charge is 0.229 e. The minimum Gasteiger partial charge on any atom is -0.507 e. The summed E-state index contributed by atoms with van der Waals surface area (Å²) in [7, 11) is 2.65. The first-order valence-corrected chi connectivity index (χ1v) is 13.8. The third-order valence-corrected chi connectivity index (χ3v) is 7.70. The van der Waals surface area contributed by atoms with E-state index < -0.39 is 79.2 Å². The number of hydrogen-bond donors (Lipinski definition) is 8. The number of aliphatic hydroxyl groups excluding tert-OH is 6. The van der Waals surface area contributed by atoms with Crippen LogP contribution in [-0.4, -0.2) is 123 Å². The molecule has 16 heteroatoms. The average molecular weight is 639 g/mol. The zero-order valence-corrected chi connectivity index (χ0v) is 24.2. The van der Waals surface area contributed by atoms with Crippen LogP contribution in [-0.2, 0) is 14.2 Å². The molecule has 0 saturated carbocycles. The molecule has 246 valence electrons. The number of phenols is 2. The Labute approximate surface area is 254 Å². The second-order valence-corrected chi connectivity index (χ2v) is 10.7. The molecule has 0 radical (unpaired) electrons. The molecule has 10 unspecified atom stereocenters. The Morgan fingerprint density at radius 1 is 0.756 bits per heavy atom. The van der Waals surface area contributed by atoms with Gasteiger partial charge in [0, 0.05) is 23.8 Å². The summed E-state index contributed by atoms with van der Waals surface area (Å²) in [5.41, 5.74) is -0.464. The minimum absolute atomic E-state index is 0.0180. The zero-order valence-electron chi connectivity index (χ0n) is 24.2. The summed E-state index contributed by atoms with van der Waals surface area (Å²) in [6.07, 6.45) is -15.1. The van der Waals surface area contributed by atoms with Crippen LogP contribution in [0.5, 0.6) is 28.7 Å². The van der Waals surface area contributed by atoms with Gasteiger partial charge in [-0.25, -0.2) is 0 Å². The van der Waals surface area contributed by atoms with Gasteiger partial charge in [-0.05, 0) is 19.1 Å². The number of rotatable bonds is 8. The molecule has 2 aromatic carbocycles. The summed E-state index contributed by atoms with van der Waals surface area (Å²) in [5, 5.41) is 82.3. The summed E-state index contributed by atoms with van der Waals surface area (Å²) in [6, 6.07) is 6.23. The molecule has 16 nitrogen and oxygen atoms in total. The van der Waals surface area contributed by atoms with Gasteiger partial charge < -0.3 is 73.7 Å². The Bertz CT molecular complexity index is 1550. The van der Waals surface area contributed by atoms with E-state index in [1.807, 2.05) is 0 Å². The van der Waals surface area contributed by atoms with Crippen molar-refractivity contribution in [3.8, 4) is 40.1 Å². The number of aliphatic hydroxyl groups is 6. The molecule has 3 heterocycles. The Hall–Kier alpha value is -3.71. The van der Waals surface area contributed by atoms with E-state index in [9.17, 15) is 45.6 Å². The van der Waals surface area contributed by atoms with Crippen LogP contribution in [0, 0.1) is 0 Å². The number of phenolic OH excluding ortho intramolecular Hbond substituents is 2. The first-order chi connectivity index (χ1) is 21.3. The highest BCUT2D eigenvalue weighted by Gasteiger charge is 2.47. The maximum absolute atomic E-state index is 13.0. The second kappa shape index (κ2) is 13.0. The van der Waals surface area contributed by atoms with E-state index in [-0.39, 0.29) is 39.7 Å². The van der Waals surface area contributed by atoms with Crippen molar-refractivity contribution in [2.24, 2.45) is 0 Å². The molecule has 8 N–H and O–H groups in total. The van der Waals surface area contributed by atoms with Crippen LogP contribution in [0.15, 0.2) is 39.5 Å². The normalized spacial score (nSPS) is 31.9. The summed E-state index contributed by atoms with van der Waals surface area (Å²) in [4.78, 5) is 13.0. The van der Waals surface area contributed by atoms with E-state index in [0.29, 0.717) is 5.56 Å². The molecule has 0 spiro atoms. The van der Waals surface area contributed by atoms with Crippen LogP contribution in [0.2, 0.25) is 0 Å². The molecule has 1 aromatic heterocycles. The van der Waals surface area contributed by atoms with Crippen LogP contribution < -0.4 is 19.6 Å². The van der Waals surface area contributed by atoms with Crippen LogP contribution in [0.25, 0.3) is 22.3 Å². The Balaban J connectivity index is 1.39. The molecule has 0 bridgehead atoms. The fourth-order valence-corrected chi connectivity index (χ4v) is 5.12. The summed E-state index contributed by atoms with van der Waals surface area (Å²) in [5.74, 6) is -0.858. The standard InChI is InChI=1S/C29H34O16/c1-10-21(32)24(35)26(37)28(42-10)41-9-19-23(34)25(36)27(38)29(45-19)43-12-6-13(30)20-14(31)8-15(44-16(20)7-12)11-4-17(39-2)22(33)18(5-11)40-3/h4-8,10,19,21,23-30,32-38H,9H2,1-3H3. The number of fused-ring (bicyclic) bond motifs is 1. The minimum atomic E-state index is -1.79. The largest absolute Gasteiger partial charge is 0.507 e. The van der Waals surface area contributed by atoms with Gasteiger partial charge in [-0.15, -0.1) is 0 Å². The predicted molar refractivity (Wildman–Crippen MR) is 150 cm³/mol. The molecule has 3 aromatic rings. The molecule has 0 amide bonds. The SMILES string of the molecule is COc1cc(-c2cc(=O)c3c(O)cc(OC4OC(COC5OC(C)C(O)C(O)C5O)C(O)C(O)C4O)cc3o2)cc(OC)c1O. The number of hydrogen-bond acceptors (Lipinski definition) is 16. The van der Waals surface area contributed by atoms with Crippen LogP contribution in [0.1, 0.15) is 6.92 Å². The maximum atomic E-state index is 13.0. The molecule has 2 aliphatic heterocycles. The van der Waals surface area contributed by atoms with Crippen molar-refractivity contribution in [2.45, 2.75) is 68.3 Å². The predicted octanol–water partition coefficient (Wildman–Crippen LogP) is -1.08. The molecule has 45 heavy (non-hydrogen) atoms. The van der Waals surface area contributed by atoms with Gasteiger partial charge in [-0.2, -0.15) is 0 Å². The second-order valence-electron chi connectivity index (χ2n) is 10.7. The van der Waals surface area contributed by atoms with Crippen molar-refractivity contribution in [3.05, 3.63) is 40.6 Å². The fourth-order valence-electron chi connectivity index (χ4n) is 5.12. The third kappa shape index (κ3) is 6.24. The van der Waals surface area contributed by atoms with E-state index in [4.69, 9.17) is 32.8 Å².